The lowest BCUT2D eigenvalue weighted by Crippen LogP contribution is -2.51. The van der Waals surface area contributed by atoms with Crippen molar-refractivity contribution in [1.29, 1.82) is 0 Å². The Morgan fingerprint density at radius 2 is 1.84 bits per heavy atom. The third-order valence-corrected chi connectivity index (χ3v) is 6.34. The summed E-state index contributed by atoms with van der Waals surface area (Å²) in [7, 11) is 0. The first kappa shape index (κ1) is 13.2. The van der Waals surface area contributed by atoms with Crippen molar-refractivity contribution in [1.82, 2.24) is 0 Å². The molecule has 2 aliphatic carbocycles. The molecule has 0 aromatic heterocycles. The van der Waals surface area contributed by atoms with Crippen molar-refractivity contribution in [3.63, 3.8) is 0 Å². The smallest absolute Gasteiger partial charge is 0.101 e. The van der Waals surface area contributed by atoms with Crippen LogP contribution in [0.5, 0.6) is 0 Å². The molecule has 0 heterocycles. The normalized spacial score (nSPS) is 39.8. The molecule has 3 atom stereocenters. The molecule has 19 heavy (non-hydrogen) atoms. The highest BCUT2D eigenvalue weighted by molar-refractivity contribution is 5.40. The third kappa shape index (κ3) is 1.40. The molecule has 2 saturated carbocycles. The van der Waals surface area contributed by atoms with Crippen molar-refractivity contribution in [3.05, 3.63) is 34.9 Å². The van der Waals surface area contributed by atoms with Crippen LogP contribution in [0.25, 0.3) is 0 Å². The molecule has 3 rings (SSSR count). The minimum absolute atomic E-state index is 0.0278. The van der Waals surface area contributed by atoms with E-state index in [-0.39, 0.29) is 10.8 Å². The summed E-state index contributed by atoms with van der Waals surface area (Å²) in [5.41, 5.74) is 3.01. The molecule has 0 radical (unpaired) electrons. The Kier molecular flexibility index (Phi) is 2.52. The monoisotopic (exact) mass is 258 g/mol. The third-order valence-electron chi connectivity index (χ3n) is 6.34. The fourth-order valence-electron chi connectivity index (χ4n) is 5.15. The predicted molar refractivity (Wildman–Crippen MR) is 79.0 cm³/mol. The molecule has 1 nitrogen and oxygen atoms in total. The minimum Gasteiger partial charge on any atom is -0.384 e. The van der Waals surface area contributed by atoms with Gasteiger partial charge in [-0.3, -0.25) is 0 Å². The summed E-state index contributed by atoms with van der Waals surface area (Å²) in [6.45, 7) is 11.1. The zero-order valence-electron chi connectivity index (χ0n) is 12.9. The molecule has 1 heteroatoms. The van der Waals surface area contributed by atoms with Gasteiger partial charge < -0.3 is 5.11 Å². The summed E-state index contributed by atoms with van der Waals surface area (Å²) < 4.78 is 0. The molecular weight excluding hydrogens is 232 g/mol. The van der Waals surface area contributed by atoms with Crippen LogP contribution in [0.2, 0.25) is 0 Å². The Balaban J connectivity index is 2.21. The Morgan fingerprint density at radius 3 is 2.37 bits per heavy atom. The van der Waals surface area contributed by atoms with E-state index in [1.807, 2.05) is 0 Å². The van der Waals surface area contributed by atoms with Gasteiger partial charge in [-0.1, -0.05) is 44.5 Å². The quantitative estimate of drug-likeness (QED) is 0.794. The Morgan fingerprint density at radius 1 is 1.16 bits per heavy atom. The van der Waals surface area contributed by atoms with Crippen molar-refractivity contribution in [2.45, 2.75) is 59.5 Å². The molecule has 0 spiro atoms. The van der Waals surface area contributed by atoms with Gasteiger partial charge in [0.2, 0.25) is 0 Å². The Bertz CT molecular complexity index is 524. The highest BCUT2D eigenvalue weighted by Crippen LogP contribution is 2.71. The molecule has 1 aromatic rings. The zero-order valence-corrected chi connectivity index (χ0v) is 12.9. The first-order valence-electron chi connectivity index (χ1n) is 7.52. The van der Waals surface area contributed by atoms with Crippen molar-refractivity contribution in [3.8, 4) is 0 Å². The topological polar surface area (TPSA) is 20.2 Å². The van der Waals surface area contributed by atoms with Crippen LogP contribution in [0.3, 0.4) is 0 Å². The standard InChI is InChI=1S/C18H26O/c1-12-6-7-15(13(2)10-12)18(19)16(3,4)14-8-9-17(18,5)11-14/h6-7,10,14,19H,8-9,11H2,1-5H3. The number of hydrogen-bond donors (Lipinski definition) is 1. The molecule has 1 aromatic carbocycles. The van der Waals surface area contributed by atoms with Gasteiger partial charge in [-0.15, -0.1) is 0 Å². The summed E-state index contributed by atoms with van der Waals surface area (Å²) in [5, 5.41) is 11.7. The van der Waals surface area contributed by atoms with Crippen LogP contribution in [-0.4, -0.2) is 5.11 Å². The number of hydrogen-bond acceptors (Lipinski definition) is 1. The van der Waals surface area contributed by atoms with Gasteiger partial charge in [-0.2, -0.15) is 0 Å². The van der Waals surface area contributed by atoms with E-state index in [2.05, 4.69) is 52.8 Å². The highest BCUT2D eigenvalue weighted by atomic mass is 16.3. The van der Waals surface area contributed by atoms with E-state index in [0.29, 0.717) is 5.92 Å². The lowest BCUT2D eigenvalue weighted by atomic mass is 9.57. The number of aryl methyl sites for hydroxylation is 2. The molecular formula is C18H26O. The van der Waals surface area contributed by atoms with Crippen LogP contribution in [0, 0.1) is 30.6 Å². The zero-order chi connectivity index (χ0) is 14.1. The van der Waals surface area contributed by atoms with Gasteiger partial charge in [0.1, 0.15) is 5.60 Å². The van der Waals surface area contributed by atoms with Crippen molar-refractivity contribution in [2.24, 2.45) is 16.7 Å². The second kappa shape index (κ2) is 3.63. The van der Waals surface area contributed by atoms with Gasteiger partial charge in [0, 0.05) is 10.8 Å². The second-order valence-corrected chi connectivity index (χ2v) is 7.75. The highest BCUT2D eigenvalue weighted by Gasteiger charge is 2.69. The fourth-order valence-corrected chi connectivity index (χ4v) is 5.15. The van der Waals surface area contributed by atoms with Crippen LogP contribution >= 0.6 is 0 Å². The number of rotatable bonds is 1. The maximum absolute atomic E-state index is 11.7. The lowest BCUT2D eigenvalue weighted by molar-refractivity contribution is -0.151. The molecule has 0 aliphatic heterocycles. The van der Waals surface area contributed by atoms with E-state index in [0.717, 1.165) is 12.0 Å². The van der Waals surface area contributed by atoms with Gasteiger partial charge in [0.05, 0.1) is 0 Å². The Hall–Kier alpha value is -0.820. The van der Waals surface area contributed by atoms with Gasteiger partial charge in [-0.25, -0.2) is 0 Å². The summed E-state index contributed by atoms with van der Waals surface area (Å²) in [6, 6.07) is 6.52. The van der Waals surface area contributed by atoms with Crippen molar-refractivity contribution in [2.75, 3.05) is 0 Å². The maximum atomic E-state index is 11.7. The average molecular weight is 258 g/mol. The van der Waals surface area contributed by atoms with Gasteiger partial charge in [0.25, 0.3) is 0 Å². The van der Waals surface area contributed by atoms with Crippen LogP contribution in [0.15, 0.2) is 18.2 Å². The number of benzene rings is 1. The van der Waals surface area contributed by atoms with E-state index in [9.17, 15) is 5.11 Å². The molecule has 2 bridgehead atoms. The first-order valence-corrected chi connectivity index (χ1v) is 7.52. The molecule has 0 saturated heterocycles. The van der Waals surface area contributed by atoms with Crippen LogP contribution in [0.1, 0.15) is 56.7 Å². The molecule has 2 fully saturated rings. The predicted octanol–water partition coefficient (Wildman–Crippen LogP) is 4.34. The van der Waals surface area contributed by atoms with Crippen LogP contribution in [-0.2, 0) is 5.60 Å². The maximum Gasteiger partial charge on any atom is 0.101 e. The molecule has 104 valence electrons. The largest absolute Gasteiger partial charge is 0.384 e. The molecule has 1 N–H and O–H groups in total. The molecule has 2 aliphatic rings. The van der Waals surface area contributed by atoms with Gasteiger partial charge >= 0.3 is 0 Å². The fraction of sp³-hybridized carbons (Fsp3) is 0.667. The SMILES string of the molecule is Cc1ccc(C2(O)C3(C)CCC(C3)C2(C)C)c(C)c1. The van der Waals surface area contributed by atoms with Crippen LogP contribution in [0.4, 0.5) is 0 Å². The van der Waals surface area contributed by atoms with E-state index < -0.39 is 5.60 Å². The first-order chi connectivity index (χ1) is 8.72. The minimum atomic E-state index is -0.680. The average Bonchev–Trinajstić information content (AvgIpc) is 2.77. The van der Waals surface area contributed by atoms with E-state index in [1.165, 1.54) is 24.0 Å². The summed E-state index contributed by atoms with van der Waals surface area (Å²) in [6.07, 6.45) is 3.60. The van der Waals surface area contributed by atoms with E-state index in [4.69, 9.17) is 0 Å². The van der Waals surface area contributed by atoms with E-state index in [1.54, 1.807) is 0 Å². The number of aliphatic hydroxyl groups is 1. The second-order valence-electron chi connectivity index (χ2n) is 7.75. The van der Waals surface area contributed by atoms with Crippen molar-refractivity contribution < 1.29 is 5.11 Å². The molecule has 3 unspecified atom stereocenters. The summed E-state index contributed by atoms with van der Waals surface area (Å²) >= 11 is 0. The van der Waals surface area contributed by atoms with Crippen molar-refractivity contribution >= 4 is 0 Å². The number of fused-ring (bicyclic) bond motifs is 2. The van der Waals surface area contributed by atoms with Crippen LogP contribution < -0.4 is 0 Å². The summed E-state index contributed by atoms with van der Waals surface area (Å²) in [4.78, 5) is 0. The lowest BCUT2D eigenvalue weighted by Gasteiger charge is -2.51. The van der Waals surface area contributed by atoms with Gasteiger partial charge in [-0.05, 0) is 50.2 Å². The van der Waals surface area contributed by atoms with E-state index >= 15 is 0 Å². The summed E-state index contributed by atoms with van der Waals surface area (Å²) in [5.74, 6) is 0.656. The molecule has 0 amide bonds. The van der Waals surface area contributed by atoms with Gasteiger partial charge in [0.15, 0.2) is 0 Å². The Labute approximate surface area is 117 Å².